The summed E-state index contributed by atoms with van der Waals surface area (Å²) in [6.07, 6.45) is 0. The highest BCUT2D eigenvalue weighted by molar-refractivity contribution is 5.89. The van der Waals surface area contributed by atoms with E-state index in [9.17, 15) is 9.59 Å². The normalized spacial score (nSPS) is 13.8. The van der Waals surface area contributed by atoms with Crippen LogP contribution in [0.25, 0.3) is 0 Å². The first-order chi connectivity index (χ1) is 7.91. The van der Waals surface area contributed by atoms with Crippen molar-refractivity contribution in [3.05, 3.63) is 35.4 Å². The number of benzene rings is 1. The highest BCUT2D eigenvalue weighted by atomic mass is 16.2. The Morgan fingerprint density at radius 1 is 1.24 bits per heavy atom. The van der Waals surface area contributed by atoms with E-state index in [1.807, 2.05) is 19.1 Å². The number of carbonyl (C=O) groups excluding carboxylic acids is 2. The molecule has 2 amide bonds. The van der Waals surface area contributed by atoms with E-state index in [-0.39, 0.29) is 0 Å². The third-order valence-corrected chi connectivity index (χ3v) is 2.50. The lowest BCUT2D eigenvalue weighted by molar-refractivity contribution is -0.127. The summed E-state index contributed by atoms with van der Waals surface area (Å²) in [5.74, 6) is -1.00. The van der Waals surface area contributed by atoms with Gasteiger partial charge in [0.25, 0.3) is 0 Å². The van der Waals surface area contributed by atoms with E-state index in [1.165, 1.54) is 6.92 Å². The van der Waals surface area contributed by atoms with Crippen LogP contribution in [0.4, 0.5) is 0 Å². The molecule has 0 fully saturated rings. The molecule has 17 heavy (non-hydrogen) atoms. The molecule has 0 aliphatic heterocycles. The maximum Gasteiger partial charge on any atom is 0.242 e. The van der Waals surface area contributed by atoms with Gasteiger partial charge in [-0.3, -0.25) is 9.59 Å². The van der Waals surface area contributed by atoms with Gasteiger partial charge in [-0.25, -0.2) is 0 Å². The van der Waals surface area contributed by atoms with E-state index in [0.717, 1.165) is 5.56 Å². The molecule has 0 spiro atoms. The van der Waals surface area contributed by atoms with Gasteiger partial charge in [-0.15, -0.1) is 0 Å². The summed E-state index contributed by atoms with van der Waals surface area (Å²) in [5.41, 5.74) is 12.6. The second-order valence-corrected chi connectivity index (χ2v) is 4.02. The Bertz CT molecular complexity index is 414. The Balaban J connectivity index is 2.70. The summed E-state index contributed by atoms with van der Waals surface area (Å²) in [4.78, 5) is 22.5. The van der Waals surface area contributed by atoms with E-state index in [1.54, 1.807) is 12.1 Å². The second kappa shape index (κ2) is 5.45. The molecule has 5 nitrogen and oxygen atoms in total. The van der Waals surface area contributed by atoms with Crippen LogP contribution in [0.3, 0.4) is 0 Å². The van der Waals surface area contributed by atoms with Crippen molar-refractivity contribution in [3.63, 3.8) is 0 Å². The van der Waals surface area contributed by atoms with Crippen LogP contribution in [0.1, 0.15) is 24.1 Å². The van der Waals surface area contributed by atoms with Crippen molar-refractivity contribution in [2.24, 2.45) is 11.5 Å². The smallest absolute Gasteiger partial charge is 0.242 e. The van der Waals surface area contributed by atoms with Crippen LogP contribution in [-0.2, 0) is 9.59 Å². The molecule has 5 N–H and O–H groups in total. The minimum absolute atomic E-state index is 0.417. The topological polar surface area (TPSA) is 98.2 Å². The first-order valence-electron chi connectivity index (χ1n) is 5.33. The molecule has 0 aromatic heterocycles. The molecular formula is C12H17N3O2. The van der Waals surface area contributed by atoms with Gasteiger partial charge in [-0.05, 0) is 19.4 Å². The van der Waals surface area contributed by atoms with E-state index >= 15 is 0 Å². The Morgan fingerprint density at radius 3 is 2.24 bits per heavy atom. The van der Waals surface area contributed by atoms with E-state index in [4.69, 9.17) is 11.5 Å². The number of nitrogens with one attached hydrogen (secondary N) is 1. The van der Waals surface area contributed by atoms with Gasteiger partial charge in [-0.2, -0.15) is 0 Å². The van der Waals surface area contributed by atoms with Gasteiger partial charge in [0.2, 0.25) is 11.8 Å². The van der Waals surface area contributed by atoms with Crippen LogP contribution in [0.15, 0.2) is 24.3 Å². The van der Waals surface area contributed by atoms with Crippen LogP contribution >= 0.6 is 0 Å². The molecule has 0 saturated carbocycles. The van der Waals surface area contributed by atoms with Gasteiger partial charge < -0.3 is 16.8 Å². The lowest BCUT2D eigenvalue weighted by Gasteiger charge is -2.15. The maximum absolute atomic E-state index is 11.7. The Morgan fingerprint density at radius 2 is 1.76 bits per heavy atom. The molecule has 1 unspecified atom stereocenters. The first kappa shape index (κ1) is 13.2. The van der Waals surface area contributed by atoms with Crippen LogP contribution < -0.4 is 16.8 Å². The third kappa shape index (κ3) is 3.57. The fraction of sp³-hybridized carbons (Fsp3) is 0.333. The lowest BCUT2D eigenvalue weighted by Crippen LogP contribution is -2.45. The fourth-order valence-corrected chi connectivity index (χ4v) is 1.30. The highest BCUT2D eigenvalue weighted by Crippen LogP contribution is 2.11. The average molecular weight is 235 g/mol. The zero-order valence-corrected chi connectivity index (χ0v) is 9.94. The van der Waals surface area contributed by atoms with Crippen molar-refractivity contribution in [2.75, 3.05) is 0 Å². The van der Waals surface area contributed by atoms with Gasteiger partial charge in [0, 0.05) is 0 Å². The molecular weight excluding hydrogens is 218 g/mol. The van der Waals surface area contributed by atoms with Crippen molar-refractivity contribution >= 4 is 11.8 Å². The third-order valence-electron chi connectivity index (χ3n) is 2.50. The predicted molar refractivity (Wildman–Crippen MR) is 64.9 cm³/mol. The Labute approximate surface area is 100 Å². The molecule has 5 heteroatoms. The number of carbonyl (C=O) groups is 2. The molecule has 1 aromatic carbocycles. The minimum atomic E-state index is -0.794. The van der Waals surface area contributed by atoms with E-state index in [0.29, 0.717) is 5.56 Å². The number of primary amides is 1. The van der Waals surface area contributed by atoms with E-state index in [2.05, 4.69) is 5.32 Å². The maximum atomic E-state index is 11.7. The molecule has 0 bridgehead atoms. The standard InChI is InChI=1S/C12H17N3O2/c1-7-3-5-9(6-4-7)10(13)12(17)15-8(2)11(14)16/h3-6,8,10H,13H2,1-2H3,(H2,14,16)(H,15,17)/t8-,10?/m0/s1. The quantitative estimate of drug-likeness (QED) is 0.684. The number of rotatable bonds is 4. The predicted octanol–water partition coefficient (Wildman–Crippen LogP) is -0.0152. The van der Waals surface area contributed by atoms with Gasteiger partial charge in [0.1, 0.15) is 12.1 Å². The van der Waals surface area contributed by atoms with Crippen LogP contribution in [0.2, 0.25) is 0 Å². The molecule has 0 aliphatic carbocycles. The number of aryl methyl sites for hydroxylation is 1. The SMILES string of the molecule is Cc1ccc(C(N)C(=O)N[C@@H](C)C(N)=O)cc1. The molecule has 0 aliphatic rings. The van der Waals surface area contributed by atoms with Crippen molar-refractivity contribution in [1.82, 2.24) is 5.32 Å². The largest absolute Gasteiger partial charge is 0.368 e. The van der Waals surface area contributed by atoms with E-state index < -0.39 is 23.9 Å². The number of amides is 2. The summed E-state index contributed by atoms with van der Waals surface area (Å²) in [5, 5.41) is 2.45. The van der Waals surface area contributed by atoms with Crippen LogP contribution in [-0.4, -0.2) is 17.9 Å². The van der Waals surface area contributed by atoms with Gasteiger partial charge in [-0.1, -0.05) is 29.8 Å². The summed E-state index contributed by atoms with van der Waals surface area (Å²) in [6, 6.07) is 5.81. The summed E-state index contributed by atoms with van der Waals surface area (Å²) in [6.45, 7) is 3.46. The van der Waals surface area contributed by atoms with Gasteiger partial charge in [0.05, 0.1) is 0 Å². The summed E-state index contributed by atoms with van der Waals surface area (Å²) in [7, 11) is 0. The van der Waals surface area contributed by atoms with Gasteiger partial charge in [0.15, 0.2) is 0 Å². The first-order valence-corrected chi connectivity index (χ1v) is 5.33. The lowest BCUT2D eigenvalue weighted by atomic mass is 10.1. The van der Waals surface area contributed by atoms with Crippen molar-refractivity contribution in [1.29, 1.82) is 0 Å². The highest BCUT2D eigenvalue weighted by Gasteiger charge is 2.19. The van der Waals surface area contributed by atoms with Crippen molar-refractivity contribution in [3.8, 4) is 0 Å². The molecule has 1 rings (SSSR count). The van der Waals surface area contributed by atoms with Crippen LogP contribution in [0, 0.1) is 6.92 Å². The average Bonchev–Trinajstić information content (AvgIpc) is 2.28. The summed E-state index contributed by atoms with van der Waals surface area (Å²) < 4.78 is 0. The zero-order chi connectivity index (χ0) is 13.0. The molecule has 2 atom stereocenters. The van der Waals surface area contributed by atoms with Gasteiger partial charge >= 0.3 is 0 Å². The molecule has 92 valence electrons. The zero-order valence-electron chi connectivity index (χ0n) is 9.94. The van der Waals surface area contributed by atoms with Crippen LogP contribution in [0.5, 0.6) is 0 Å². The monoisotopic (exact) mass is 235 g/mol. The number of hydrogen-bond donors (Lipinski definition) is 3. The second-order valence-electron chi connectivity index (χ2n) is 4.02. The van der Waals surface area contributed by atoms with Crippen molar-refractivity contribution in [2.45, 2.75) is 25.9 Å². The molecule has 0 radical (unpaired) electrons. The summed E-state index contributed by atoms with van der Waals surface area (Å²) >= 11 is 0. The molecule has 0 heterocycles. The Kier molecular flexibility index (Phi) is 4.23. The molecule has 0 saturated heterocycles. The fourth-order valence-electron chi connectivity index (χ4n) is 1.30. The minimum Gasteiger partial charge on any atom is -0.368 e. The number of hydrogen-bond acceptors (Lipinski definition) is 3. The number of nitrogens with two attached hydrogens (primary N) is 2. The Hall–Kier alpha value is -1.88. The molecule has 1 aromatic rings. The van der Waals surface area contributed by atoms with Crippen molar-refractivity contribution < 1.29 is 9.59 Å².